The molecule has 7 heteroatoms. The highest BCUT2D eigenvalue weighted by molar-refractivity contribution is 5.83. The molecule has 1 heterocycles. The summed E-state index contributed by atoms with van der Waals surface area (Å²) in [5.74, 6) is 1.46. The molecule has 6 rings (SSSR count). The van der Waals surface area contributed by atoms with Crippen molar-refractivity contribution in [2.75, 3.05) is 53.4 Å². The third-order valence-corrected chi connectivity index (χ3v) is 11.7. The Kier molecular flexibility index (Phi) is 7.08. The van der Waals surface area contributed by atoms with Crippen LogP contribution in [0, 0.1) is 35.0 Å². The molecule has 7 atom stereocenters. The number of hydrogen-bond donors (Lipinski definition) is 4. The number of rotatable bonds is 9. The van der Waals surface area contributed by atoms with Gasteiger partial charge in [-0.15, -0.1) is 0 Å². The van der Waals surface area contributed by atoms with Gasteiger partial charge in [0.25, 0.3) is 0 Å². The van der Waals surface area contributed by atoms with E-state index >= 15 is 0 Å². The van der Waals surface area contributed by atoms with Crippen molar-refractivity contribution in [3.8, 4) is 0 Å². The number of likely N-dealkylation sites (N-methyl/N-ethyl adjacent to an activating group) is 2. The average molecular weight is 526 g/mol. The number of nitrogens with zero attached hydrogens (tertiary/aromatic N) is 2. The van der Waals surface area contributed by atoms with Crippen LogP contribution in [0.4, 0.5) is 0 Å². The Morgan fingerprint density at radius 2 is 1.89 bits per heavy atom. The maximum Gasteiger partial charge on any atom is 0.225 e. The second-order valence-corrected chi connectivity index (χ2v) is 13.8. The lowest BCUT2D eigenvalue weighted by Gasteiger charge is -2.45. The van der Waals surface area contributed by atoms with Crippen LogP contribution in [0.1, 0.15) is 58.8 Å². The highest BCUT2D eigenvalue weighted by atomic mass is 16.3. The van der Waals surface area contributed by atoms with Gasteiger partial charge in [0.1, 0.15) is 6.23 Å². The van der Waals surface area contributed by atoms with Gasteiger partial charge in [0, 0.05) is 50.7 Å². The number of carbonyl (C=O) groups is 1. The number of allylic oxidation sites excluding steroid dienone is 3. The van der Waals surface area contributed by atoms with E-state index < -0.39 is 11.8 Å². The normalized spacial score (nSPS) is 40.1. The first-order valence-corrected chi connectivity index (χ1v) is 15.5. The first-order chi connectivity index (χ1) is 18.3. The highest BCUT2D eigenvalue weighted by Gasteiger charge is 2.75. The largest absolute Gasteiger partial charge is 0.377 e. The van der Waals surface area contributed by atoms with Crippen LogP contribution < -0.4 is 16.0 Å². The summed E-state index contributed by atoms with van der Waals surface area (Å²) in [5.41, 5.74) is 0.801. The fourth-order valence-corrected chi connectivity index (χ4v) is 9.52. The lowest BCUT2D eigenvalue weighted by molar-refractivity contribution is -0.133. The Balaban J connectivity index is 1.21. The Morgan fingerprint density at radius 1 is 1.16 bits per heavy atom. The van der Waals surface area contributed by atoms with Gasteiger partial charge in [-0.3, -0.25) is 15.0 Å². The van der Waals surface area contributed by atoms with E-state index in [9.17, 15) is 9.90 Å². The van der Waals surface area contributed by atoms with Crippen LogP contribution in [0.2, 0.25) is 0 Å². The number of aliphatic hydroxyl groups is 1. The molecular weight excluding hydrogens is 474 g/mol. The zero-order chi connectivity index (χ0) is 26.7. The molecule has 1 spiro atoms. The Labute approximate surface area is 229 Å². The van der Waals surface area contributed by atoms with Crippen LogP contribution in [-0.2, 0) is 4.79 Å². The van der Waals surface area contributed by atoms with Gasteiger partial charge in [-0.05, 0) is 82.7 Å². The molecule has 6 aliphatic rings. The van der Waals surface area contributed by atoms with Gasteiger partial charge in [0.05, 0.1) is 11.5 Å². The summed E-state index contributed by atoms with van der Waals surface area (Å²) in [6.45, 7) is 10.5. The minimum absolute atomic E-state index is 0.128. The van der Waals surface area contributed by atoms with Gasteiger partial charge < -0.3 is 20.6 Å². The van der Waals surface area contributed by atoms with Crippen molar-refractivity contribution in [3.63, 3.8) is 0 Å². The zero-order valence-corrected chi connectivity index (χ0v) is 24.1. The predicted octanol–water partition coefficient (Wildman–Crippen LogP) is 2.34. The molecule has 5 fully saturated rings. The summed E-state index contributed by atoms with van der Waals surface area (Å²) in [4.78, 5) is 19.3. The average Bonchev–Trinajstić information content (AvgIpc) is 3.81. The van der Waals surface area contributed by atoms with Crippen molar-refractivity contribution in [2.45, 2.75) is 76.1 Å². The standard InChI is InChI=1S/C31H51N5O2/c1-21-8-9-23(22(2)20-21)30(12-13-30)34-27(37)26-24-6-5-7-25(29(24)10-11-29)31(26,32-3)28(38)33-14-15-36-18-16-35(4)17-19-36/h8-9,20,22-26,28,32-33,38H,5-7,10-19H2,1-4H3,(H,34,37). The van der Waals surface area contributed by atoms with Gasteiger partial charge in [0.15, 0.2) is 0 Å². The van der Waals surface area contributed by atoms with Gasteiger partial charge >= 0.3 is 0 Å². The summed E-state index contributed by atoms with van der Waals surface area (Å²) < 4.78 is 0. The molecule has 0 aromatic carbocycles. The predicted molar refractivity (Wildman–Crippen MR) is 151 cm³/mol. The Bertz CT molecular complexity index is 963. The summed E-state index contributed by atoms with van der Waals surface area (Å²) in [6, 6.07) is 0. The van der Waals surface area contributed by atoms with E-state index in [0.29, 0.717) is 23.7 Å². The minimum Gasteiger partial charge on any atom is -0.377 e. The lowest BCUT2D eigenvalue weighted by Crippen LogP contribution is -2.68. The molecule has 212 valence electrons. The molecule has 4 saturated carbocycles. The van der Waals surface area contributed by atoms with Crippen LogP contribution in [-0.4, -0.2) is 91.5 Å². The van der Waals surface area contributed by atoms with Gasteiger partial charge in [0.2, 0.25) is 5.91 Å². The molecule has 2 bridgehead atoms. The molecule has 38 heavy (non-hydrogen) atoms. The van der Waals surface area contributed by atoms with E-state index in [1.54, 1.807) is 0 Å². The van der Waals surface area contributed by atoms with Gasteiger partial charge in [-0.2, -0.15) is 0 Å². The zero-order valence-electron chi connectivity index (χ0n) is 24.1. The molecule has 7 unspecified atom stereocenters. The molecule has 0 radical (unpaired) electrons. The van der Waals surface area contributed by atoms with E-state index in [2.05, 4.69) is 64.9 Å². The van der Waals surface area contributed by atoms with E-state index in [0.717, 1.165) is 71.4 Å². The van der Waals surface area contributed by atoms with E-state index in [-0.39, 0.29) is 22.8 Å². The number of amides is 1. The number of carbonyl (C=O) groups excluding carboxylic acids is 1. The maximum atomic E-state index is 14.5. The molecule has 4 N–H and O–H groups in total. The number of piperazine rings is 1. The summed E-state index contributed by atoms with van der Waals surface area (Å²) in [7, 11) is 4.18. The van der Waals surface area contributed by atoms with Crippen molar-refractivity contribution in [2.24, 2.45) is 35.0 Å². The second kappa shape index (κ2) is 9.99. The van der Waals surface area contributed by atoms with Crippen molar-refractivity contribution in [3.05, 3.63) is 23.8 Å². The first kappa shape index (κ1) is 26.9. The van der Waals surface area contributed by atoms with Crippen LogP contribution in [0.5, 0.6) is 0 Å². The fraction of sp³-hybridized carbons (Fsp3) is 0.839. The first-order valence-electron chi connectivity index (χ1n) is 15.5. The minimum atomic E-state index is -0.740. The Hall–Kier alpha value is -1.25. The molecule has 1 aliphatic heterocycles. The fourth-order valence-electron chi connectivity index (χ4n) is 9.52. The van der Waals surface area contributed by atoms with Crippen LogP contribution in [0.25, 0.3) is 0 Å². The molecule has 0 aromatic heterocycles. The third kappa shape index (κ3) is 4.32. The molecule has 1 amide bonds. The van der Waals surface area contributed by atoms with Crippen molar-refractivity contribution < 1.29 is 9.90 Å². The smallest absolute Gasteiger partial charge is 0.225 e. The Morgan fingerprint density at radius 3 is 2.53 bits per heavy atom. The molecule has 0 aromatic rings. The van der Waals surface area contributed by atoms with Crippen molar-refractivity contribution in [1.29, 1.82) is 0 Å². The second-order valence-electron chi connectivity index (χ2n) is 13.8. The molecular formula is C31H51N5O2. The van der Waals surface area contributed by atoms with Crippen molar-refractivity contribution in [1.82, 2.24) is 25.8 Å². The molecule has 5 aliphatic carbocycles. The number of nitrogens with one attached hydrogen (secondary N) is 3. The van der Waals surface area contributed by atoms with Crippen molar-refractivity contribution >= 4 is 5.91 Å². The van der Waals surface area contributed by atoms with E-state index in [4.69, 9.17) is 0 Å². The number of hydrogen-bond acceptors (Lipinski definition) is 6. The topological polar surface area (TPSA) is 79.9 Å². The van der Waals surface area contributed by atoms with E-state index in [1.165, 1.54) is 18.4 Å². The number of aliphatic hydroxyl groups excluding tert-OH is 1. The maximum absolute atomic E-state index is 14.5. The highest BCUT2D eigenvalue weighted by Crippen LogP contribution is 2.74. The monoisotopic (exact) mass is 525 g/mol. The van der Waals surface area contributed by atoms with Crippen LogP contribution in [0.15, 0.2) is 23.8 Å². The summed E-state index contributed by atoms with van der Waals surface area (Å²) >= 11 is 0. The summed E-state index contributed by atoms with van der Waals surface area (Å²) in [6.07, 6.45) is 14.1. The third-order valence-electron chi connectivity index (χ3n) is 11.7. The molecule has 7 nitrogen and oxygen atoms in total. The van der Waals surface area contributed by atoms with E-state index in [1.807, 2.05) is 7.05 Å². The summed E-state index contributed by atoms with van der Waals surface area (Å²) in [5, 5.41) is 22.8. The van der Waals surface area contributed by atoms with Gasteiger partial charge in [-0.1, -0.05) is 37.1 Å². The lowest BCUT2D eigenvalue weighted by atomic mass is 9.72. The van der Waals surface area contributed by atoms with Crippen LogP contribution >= 0.6 is 0 Å². The quantitative estimate of drug-likeness (QED) is 0.346. The van der Waals surface area contributed by atoms with Gasteiger partial charge in [-0.25, -0.2) is 0 Å². The SMILES string of the molecule is CNC1(C(O)NCCN2CCN(C)CC2)C(C(=O)NC2(C3C=CC(C)=CC3C)CC2)C2CCCC1C21CC1. The van der Waals surface area contributed by atoms with Crippen LogP contribution in [0.3, 0.4) is 0 Å². The molecule has 1 saturated heterocycles.